The van der Waals surface area contributed by atoms with Gasteiger partial charge in [-0.3, -0.25) is 9.55 Å². The van der Waals surface area contributed by atoms with E-state index in [1.807, 2.05) is 30.0 Å². The molecule has 0 radical (unpaired) electrons. The summed E-state index contributed by atoms with van der Waals surface area (Å²) in [5.41, 5.74) is 5.03. The van der Waals surface area contributed by atoms with E-state index in [0.29, 0.717) is 13.2 Å². The number of halogens is 1. The number of morpholine rings is 1. The lowest BCUT2D eigenvalue weighted by Gasteiger charge is -2.28. The van der Waals surface area contributed by atoms with Crippen LogP contribution in [-0.2, 0) is 16.9 Å². The van der Waals surface area contributed by atoms with Crippen LogP contribution in [0.4, 0.5) is 4.39 Å². The topological polar surface area (TPSA) is 52.0 Å². The number of aryl methyl sites for hydroxylation is 1. The first kappa shape index (κ1) is 22.8. The van der Waals surface area contributed by atoms with Crippen molar-refractivity contribution in [1.82, 2.24) is 19.9 Å². The largest absolute Gasteiger partial charge is 0.355 e. The molecule has 0 spiro atoms. The zero-order valence-electron chi connectivity index (χ0n) is 18.9. The maximum Gasteiger partial charge on any atom is 0.148 e. The second kappa shape index (κ2) is 11.0. The number of hydrogen-bond acceptors (Lipinski definition) is 5. The highest BCUT2D eigenvalue weighted by atomic mass is 32.2. The molecule has 0 saturated carbocycles. The molecule has 1 N–H and O–H groups in total. The van der Waals surface area contributed by atoms with Gasteiger partial charge in [-0.15, -0.1) is 0 Å². The Bertz CT molecular complexity index is 1190. The Morgan fingerprint density at radius 3 is 2.53 bits per heavy atom. The molecule has 1 fully saturated rings. The van der Waals surface area contributed by atoms with E-state index < -0.39 is 0 Å². The van der Waals surface area contributed by atoms with E-state index in [4.69, 9.17) is 9.72 Å². The summed E-state index contributed by atoms with van der Waals surface area (Å²) in [4.78, 5) is 9.30. The summed E-state index contributed by atoms with van der Waals surface area (Å²) in [5.74, 6) is 2.61. The van der Waals surface area contributed by atoms with Gasteiger partial charge in [0.05, 0.1) is 18.0 Å². The molecule has 5 rings (SSSR count). The van der Waals surface area contributed by atoms with E-state index >= 15 is 0 Å². The van der Waals surface area contributed by atoms with Gasteiger partial charge in [-0.25, -0.2) is 9.37 Å². The third-order valence-corrected chi connectivity index (χ3v) is 6.86. The van der Waals surface area contributed by atoms with Gasteiger partial charge in [0.2, 0.25) is 0 Å². The minimum absolute atomic E-state index is 0.160. The lowest BCUT2D eigenvalue weighted by molar-refractivity contribution is -0.0200. The molecule has 2 aromatic carbocycles. The van der Waals surface area contributed by atoms with Gasteiger partial charge in [0, 0.05) is 54.5 Å². The van der Waals surface area contributed by atoms with Gasteiger partial charge in [0.25, 0.3) is 0 Å². The normalized spacial score (nSPS) is 16.0. The second-order valence-corrected chi connectivity index (χ2v) is 9.26. The summed E-state index contributed by atoms with van der Waals surface area (Å²) >= 11 is 1.90. The lowest BCUT2D eigenvalue weighted by atomic mass is 10.1. The first-order valence-corrected chi connectivity index (χ1v) is 12.7. The molecule has 1 aliphatic heterocycles. The van der Waals surface area contributed by atoms with Gasteiger partial charge in [-0.1, -0.05) is 30.3 Å². The average Bonchev–Trinajstić information content (AvgIpc) is 3.28. The summed E-state index contributed by atoms with van der Waals surface area (Å²) < 4.78 is 22.1. The fourth-order valence-electron chi connectivity index (χ4n) is 4.21. The van der Waals surface area contributed by atoms with Crippen LogP contribution in [0.25, 0.3) is 22.5 Å². The van der Waals surface area contributed by atoms with Crippen LogP contribution < -0.4 is 5.32 Å². The molecule has 4 aromatic rings. The smallest absolute Gasteiger partial charge is 0.148 e. The van der Waals surface area contributed by atoms with E-state index in [9.17, 15) is 4.39 Å². The number of aromatic nitrogens is 3. The molecule has 1 saturated heterocycles. The Balaban J connectivity index is 1.51. The quantitative estimate of drug-likeness (QED) is 0.349. The van der Waals surface area contributed by atoms with E-state index in [-0.39, 0.29) is 12.0 Å². The van der Waals surface area contributed by atoms with Crippen molar-refractivity contribution >= 4 is 11.8 Å². The SMILES string of the molecule is Fc1ccc(-c2nc(CCSCc3ccccc3)n(C3CNCCO3)c2-c2ccncc2)cc1. The number of ether oxygens (including phenoxy) is 1. The third-order valence-electron chi connectivity index (χ3n) is 5.83. The van der Waals surface area contributed by atoms with Gasteiger partial charge in [0.15, 0.2) is 0 Å². The molecule has 1 unspecified atom stereocenters. The van der Waals surface area contributed by atoms with E-state index in [2.05, 4.69) is 39.1 Å². The number of hydrogen-bond donors (Lipinski definition) is 1. The van der Waals surface area contributed by atoms with E-state index in [1.165, 1.54) is 17.7 Å². The summed E-state index contributed by atoms with van der Waals surface area (Å²) in [6, 6.07) is 21.0. The minimum atomic E-state index is -0.258. The maximum atomic E-state index is 13.7. The number of nitrogens with one attached hydrogen (secondary N) is 1. The molecule has 34 heavy (non-hydrogen) atoms. The van der Waals surface area contributed by atoms with Crippen molar-refractivity contribution in [2.45, 2.75) is 18.4 Å². The van der Waals surface area contributed by atoms with E-state index in [0.717, 1.165) is 52.8 Å². The molecule has 7 heteroatoms. The van der Waals surface area contributed by atoms with Crippen molar-refractivity contribution in [2.75, 3.05) is 25.4 Å². The number of nitrogens with zero attached hydrogens (tertiary/aromatic N) is 3. The maximum absolute atomic E-state index is 13.7. The number of pyridine rings is 1. The summed E-state index contributed by atoms with van der Waals surface area (Å²) in [6.45, 7) is 2.19. The van der Waals surface area contributed by atoms with Gasteiger partial charge in [-0.2, -0.15) is 11.8 Å². The highest BCUT2D eigenvalue weighted by molar-refractivity contribution is 7.98. The molecule has 1 aliphatic rings. The standard InChI is InChI=1S/C27H27FN4OS/c28-23-8-6-21(7-9-23)26-27(22-10-13-29-14-11-22)32(25-18-30-15-16-33-25)24(31-26)12-17-34-19-20-4-2-1-3-5-20/h1-11,13-14,25,30H,12,15-19H2. The minimum Gasteiger partial charge on any atom is -0.355 e. The third kappa shape index (κ3) is 5.22. The molecule has 174 valence electrons. The van der Waals surface area contributed by atoms with Crippen LogP contribution in [0.5, 0.6) is 0 Å². The van der Waals surface area contributed by atoms with Crippen LogP contribution in [0, 0.1) is 5.82 Å². The second-order valence-electron chi connectivity index (χ2n) is 8.16. The average molecular weight is 475 g/mol. The fraction of sp³-hybridized carbons (Fsp3) is 0.259. The Morgan fingerprint density at radius 2 is 1.79 bits per heavy atom. The molecule has 0 amide bonds. The highest BCUT2D eigenvalue weighted by Gasteiger charge is 2.27. The van der Waals surface area contributed by atoms with Crippen LogP contribution >= 0.6 is 11.8 Å². The van der Waals surface area contributed by atoms with Crippen LogP contribution in [-0.4, -0.2) is 40.0 Å². The molecule has 0 aliphatic carbocycles. The molecule has 0 bridgehead atoms. The fourth-order valence-corrected chi connectivity index (χ4v) is 5.10. The summed E-state index contributed by atoms with van der Waals surface area (Å²) in [5, 5.41) is 3.44. The predicted octanol–water partition coefficient (Wildman–Crippen LogP) is 5.35. The Labute approximate surface area is 203 Å². The lowest BCUT2D eigenvalue weighted by Crippen LogP contribution is -2.37. The Kier molecular flexibility index (Phi) is 7.34. The van der Waals surface area contributed by atoms with Gasteiger partial charge < -0.3 is 10.1 Å². The Hall–Kier alpha value is -3.00. The monoisotopic (exact) mass is 474 g/mol. The molecule has 5 nitrogen and oxygen atoms in total. The zero-order valence-corrected chi connectivity index (χ0v) is 19.7. The van der Waals surface area contributed by atoms with E-state index in [1.54, 1.807) is 24.5 Å². The van der Waals surface area contributed by atoms with Crippen molar-refractivity contribution in [3.05, 3.63) is 96.3 Å². The highest BCUT2D eigenvalue weighted by Crippen LogP contribution is 2.36. The first-order chi connectivity index (χ1) is 16.8. The Morgan fingerprint density at radius 1 is 1.00 bits per heavy atom. The molecule has 1 atom stereocenters. The van der Waals surface area contributed by atoms with Crippen LogP contribution in [0.2, 0.25) is 0 Å². The van der Waals surface area contributed by atoms with Crippen molar-refractivity contribution in [3.8, 4) is 22.5 Å². The van der Waals surface area contributed by atoms with Crippen LogP contribution in [0.3, 0.4) is 0 Å². The predicted molar refractivity (Wildman–Crippen MR) is 135 cm³/mol. The van der Waals surface area contributed by atoms with Gasteiger partial charge in [0.1, 0.15) is 17.9 Å². The molecular formula is C27H27FN4OS. The molecule has 3 heterocycles. The summed E-state index contributed by atoms with van der Waals surface area (Å²) in [6.07, 6.45) is 4.22. The van der Waals surface area contributed by atoms with Crippen molar-refractivity contribution < 1.29 is 9.13 Å². The van der Waals surface area contributed by atoms with Crippen LogP contribution in [0.1, 0.15) is 17.6 Å². The first-order valence-electron chi connectivity index (χ1n) is 11.5. The molecular weight excluding hydrogens is 447 g/mol. The molecule has 2 aromatic heterocycles. The number of rotatable bonds is 8. The van der Waals surface area contributed by atoms with Crippen molar-refractivity contribution in [3.63, 3.8) is 0 Å². The number of benzene rings is 2. The van der Waals surface area contributed by atoms with Crippen molar-refractivity contribution in [1.29, 1.82) is 0 Å². The van der Waals surface area contributed by atoms with Crippen molar-refractivity contribution in [2.24, 2.45) is 0 Å². The zero-order chi connectivity index (χ0) is 23.2. The van der Waals surface area contributed by atoms with Gasteiger partial charge >= 0.3 is 0 Å². The summed E-state index contributed by atoms with van der Waals surface area (Å²) in [7, 11) is 0. The van der Waals surface area contributed by atoms with Gasteiger partial charge in [-0.05, 0) is 42.0 Å². The van der Waals surface area contributed by atoms with Crippen LogP contribution in [0.15, 0.2) is 79.1 Å². The number of thioether (sulfide) groups is 1. The number of imidazole rings is 1.